The normalized spacial score (nSPS) is 10.4. The molecule has 2 N–H and O–H groups in total. The molecule has 0 bridgehead atoms. The number of hydrogen-bond acceptors (Lipinski definition) is 8. The Balaban J connectivity index is 2.22. The Bertz CT molecular complexity index is 543. The van der Waals surface area contributed by atoms with Gasteiger partial charge in [0.05, 0.1) is 12.8 Å². The summed E-state index contributed by atoms with van der Waals surface area (Å²) in [5.41, 5.74) is 6.47. The maximum atomic E-state index is 5.87. The van der Waals surface area contributed by atoms with Gasteiger partial charge in [0.15, 0.2) is 4.34 Å². The number of anilines is 2. The van der Waals surface area contributed by atoms with E-state index < -0.39 is 0 Å². The van der Waals surface area contributed by atoms with Crippen molar-refractivity contribution in [3.63, 3.8) is 0 Å². The van der Waals surface area contributed by atoms with Gasteiger partial charge in [-0.2, -0.15) is 0 Å². The minimum absolute atomic E-state index is 0.532. The maximum Gasteiger partial charge on any atom is 0.214 e. The number of ether oxygens (including phenoxy) is 1. The van der Waals surface area contributed by atoms with Gasteiger partial charge in [0.1, 0.15) is 5.03 Å². The van der Waals surface area contributed by atoms with E-state index in [9.17, 15) is 0 Å². The van der Waals surface area contributed by atoms with Gasteiger partial charge in [0.25, 0.3) is 0 Å². The van der Waals surface area contributed by atoms with Gasteiger partial charge in [-0.25, -0.2) is 4.98 Å². The molecular weight excluding hydrogens is 270 g/mol. The van der Waals surface area contributed by atoms with E-state index in [1.807, 2.05) is 19.0 Å². The predicted molar refractivity (Wildman–Crippen MR) is 73.6 cm³/mol. The first kappa shape index (κ1) is 12.9. The summed E-state index contributed by atoms with van der Waals surface area (Å²) < 4.78 is 5.87. The first-order valence-electron chi connectivity index (χ1n) is 5.09. The zero-order valence-electron chi connectivity index (χ0n) is 10.2. The molecule has 0 saturated heterocycles. The smallest absolute Gasteiger partial charge is 0.214 e. The molecule has 0 amide bonds. The van der Waals surface area contributed by atoms with E-state index in [1.165, 1.54) is 23.1 Å². The zero-order valence-corrected chi connectivity index (χ0v) is 11.9. The number of nitrogens with two attached hydrogens (primary N) is 1. The van der Waals surface area contributed by atoms with Crippen LogP contribution < -0.4 is 15.4 Å². The van der Waals surface area contributed by atoms with E-state index >= 15 is 0 Å². The zero-order chi connectivity index (χ0) is 13.1. The summed E-state index contributed by atoms with van der Waals surface area (Å²) in [7, 11) is 5.42. The summed E-state index contributed by atoms with van der Waals surface area (Å²) in [6.45, 7) is 0. The van der Waals surface area contributed by atoms with E-state index in [4.69, 9.17) is 10.5 Å². The van der Waals surface area contributed by atoms with E-state index in [0.29, 0.717) is 16.6 Å². The monoisotopic (exact) mass is 283 g/mol. The summed E-state index contributed by atoms with van der Waals surface area (Å²) in [5, 5.41) is 9.66. The average molecular weight is 283 g/mol. The molecule has 2 aromatic heterocycles. The number of hydrogen-bond donors (Lipinski definition) is 1. The lowest BCUT2D eigenvalue weighted by molar-refractivity contribution is 0.395. The Morgan fingerprint density at radius 3 is 2.72 bits per heavy atom. The fraction of sp³-hybridized carbons (Fsp3) is 0.300. The summed E-state index contributed by atoms with van der Waals surface area (Å²) in [6, 6.07) is 3.49. The highest BCUT2D eigenvalue weighted by Gasteiger charge is 2.11. The molecule has 18 heavy (non-hydrogen) atoms. The predicted octanol–water partition coefficient (Wildman–Crippen LogP) is 1.74. The highest BCUT2D eigenvalue weighted by atomic mass is 32.2. The third kappa shape index (κ3) is 2.82. The fourth-order valence-electron chi connectivity index (χ4n) is 1.14. The molecule has 6 nitrogen and oxygen atoms in total. The number of aromatic nitrogens is 3. The van der Waals surface area contributed by atoms with Crippen molar-refractivity contribution in [2.75, 3.05) is 31.8 Å². The lowest BCUT2D eigenvalue weighted by atomic mass is 10.4. The van der Waals surface area contributed by atoms with Gasteiger partial charge in [0, 0.05) is 20.2 Å². The van der Waals surface area contributed by atoms with Gasteiger partial charge < -0.3 is 15.4 Å². The van der Waals surface area contributed by atoms with Crippen molar-refractivity contribution in [1.82, 2.24) is 15.2 Å². The Kier molecular flexibility index (Phi) is 3.87. The van der Waals surface area contributed by atoms with Crippen molar-refractivity contribution >= 4 is 33.9 Å². The van der Waals surface area contributed by atoms with Crippen LogP contribution in [0.4, 0.5) is 10.8 Å². The number of rotatable bonds is 4. The molecule has 0 unspecified atom stereocenters. The van der Waals surface area contributed by atoms with Crippen LogP contribution in [-0.2, 0) is 0 Å². The number of nitrogens with zero attached hydrogens (tertiary/aromatic N) is 4. The Labute approximate surface area is 113 Å². The van der Waals surface area contributed by atoms with Crippen molar-refractivity contribution in [3.05, 3.63) is 12.1 Å². The van der Waals surface area contributed by atoms with Crippen LogP contribution in [0.2, 0.25) is 0 Å². The van der Waals surface area contributed by atoms with E-state index in [2.05, 4.69) is 15.2 Å². The molecule has 0 aliphatic carbocycles. The number of methoxy groups -OCH3 is 1. The van der Waals surface area contributed by atoms with Crippen LogP contribution in [0, 0.1) is 0 Å². The summed E-state index contributed by atoms with van der Waals surface area (Å²) in [5.74, 6) is 0.532. The molecule has 0 saturated carbocycles. The summed E-state index contributed by atoms with van der Waals surface area (Å²) in [6.07, 6.45) is 0. The van der Waals surface area contributed by atoms with Gasteiger partial charge in [-0.15, -0.1) is 10.2 Å². The highest BCUT2D eigenvalue weighted by Crippen LogP contribution is 2.35. The molecule has 0 fully saturated rings. The standard InChI is InChI=1S/C10H13N5OS2/c1-15(2)9-13-14-10(18-9)17-8-6(11)4-5-7(12-8)16-3/h4-5H,11H2,1-3H3. The quantitative estimate of drug-likeness (QED) is 0.915. The molecule has 0 spiro atoms. The Morgan fingerprint density at radius 2 is 2.11 bits per heavy atom. The minimum atomic E-state index is 0.532. The maximum absolute atomic E-state index is 5.87. The first-order valence-corrected chi connectivity index (χ1v) is 6.72. The largest absolute Gasteiger partial charge is 0.481 e. The highest BCUT2D eigenvalue weighted by molar-refractivity contribution is 8.01. The molecule has 0 aliphatic rings. The number of nitrogen functional groups attached to an aromatic ring is 1. The lowest BCUT2D eigenvalue weighted by Crippen LogP contribution is -2.07. The molecular formula is C10H13N5OS2. The lowest BCUT2D eigenvalue weighted by Gasteiger charge is -2.05. The fourth-order valence-corrected chi connectivity index (χ4v) is 2.83. The van der Waals surface area contributed by atoms with Crippen LogP contribution in [-0.4, -0.2) is 36.4 Å². The SMILES string of the molecule is COc1ccc(N)c(Sc2nnc(N(C)C)s2)n1. The van der Waals surface area contributed by atoms with E-state index in [0.717, 1.165) is 9.47 Å². The minimum Gasteiger partial charge on any atom is -0.481 e. The molecule has 8 heteroatoms. The van der Waals surface area contributed by atoms with E-state index in [-0.39, 0.29) is 0 Å². The Hall–Kier alpha value is -1.54. The molecule has 0 radical (unpaired) electrons. The molecule has 0 aliphatic heterocycles. The van der Waals surface area contributed by atoms with Crippen LogP contribution in [0.15, 0.2) is 21.5 Å². The van der Waals surface area contributed by atoms with Gasteiger partial charge in [-0.1, -0.05) is 11.3 Å². The van der Waals surface area contributed by atoms with Crippen molar-refractivity contribution in [1.29, 1.82) is 0 Å². The summed E-state index contributed by atoms with van der Waals surface area (Å²) in [4.78, 5) is 6.19. The molecule has 2 rings (SSSR count). The average Bonchev–Trinajstić information content (AvgIpc) is 2.81. The van der Waals surface area contributed by atoms with Crippen LogP contribution >= 0.6 is 23.1 Å². The Morgan fingerprint density at radius 1 is 1.33 bits per heavy atom. The molecule has 0 atom stereocenters. The van der Waals surface area contributed by atoms with E-state index in [1.54, 1.807) is 19.2 Å². The van der Waals surface area contributed by atoms with Crippen LogP contribution in [0.5, 0.6) is 5.88 Å². The van der Waals surface area contributed by atoms with Crippen molar-refractivity contribution in [2.24, 2.45) is 0 Å². The van der Waals surface area contributed by atoms with Gasteiger partial charge >= 0.3 is 0 Å². The molecule has 2 heterocycles. The van der Waals surface area contributed by atoms with Crippen molar-refractivity contribution in [3.8, 4) is 5.88 Å². The van der Waals surface area contributed by atoms with Crippen LogP contribution in [0.25, 0.3) is 0 Å². The van der Waals surface area contributed by atoms with Crippen molar-refractivity contribution < 1.29 is 4.74 Å². The molecule has 2 aromatic rings. The van der Waals surface area contributed by atoms with Gasteiger partial charge in [-0.3, -0.25) is 0 Å². The first-order chi connectivity index (χ1) is 8.60. The second-order valence-electron chi connectivity index (χ2n) is 3.60. The van der Waals surface area contributed by atoms with Gasteiger partial charge in [-0.05, 0) is 17.8 Å². The second-order valence-corrected chi connectivity index (χ2v) is 5.79. The van der Waals surface area contributed by atoms with Gasteiger partial charge in [0.2, 0.25) is 11.0 Å². The third-order valence-electron chi connectivity index (χ3n) is 2.04. The number of pyridine rings is 1. The molecule has 96 valence electrons. The third-order valence-corrected chi connectivity index (χ3v) is 4.20. The summed E-state index contributed by atoms with van der Waals surface area (Å²) >= 11 is 2.87. The molecule has 0 aromatic carbocycles. The van der Waals surface area contributed by atoms with Crippen molar-refractivity contribution in [2.45, 2.75) is 9.37 Å². The van der Waals surface area contributed by atoms with Crippen LogP contribution in [0.3, 0.4) is 0 Å². The van der Waals surface area contributed by atoms with Crippen LogP contribution in [0.1, 0.15) is 0 Å². The second kappa shape index (κ2) is 5.40. The topological polar surface area (TPSA) is 77.2 Å².